The van der Waals surface area contributed by atoms with Gasteiger partial charge in [-0.3, -0.25) is 14.9 Å². The van der Waals surface area contributed by atoms with Gasteiger partial charge in [0.2, 0.25) is 12.3 Å². The fourth-order valence-corrected chi connectivity index (χ4v) is 0.460. The van der Waals surface area contributed by atoms with Crippen LogP contribution >= 0.6 is 0 Å². The van der Waals surface area contributed by atoms with Crippen molar-refractivity contribution in [1.82, 2.24) is 16.0 Å². The van der Waals surface area contributed by atoms with Gasteiger partial charge >= 0.3 is 6.03 Å². The molecule has 4 amide bonds. The fraction of sp³-hybridized carbons (Fsp3) is 0.500. The Morgan fingerprint density at radius 2 is 2.00 bits per heavy atom. The molecule has 12 heavy (non-hydrogen) atoms. The third-order valence-corrected chi connectivity index (χ3v) is 1.18. The van der Waals surface area contributed by atoms with Crippen LogP contribution in [0.2, 0.25) is 0 Å². The highest BCUT2D eigenvalue weighted by Gasteiger charge is 2.12. The SMILES string of the molecule is CNC(=O)NC(=O)[C@@H](C)NC=O. The molecule has 6 heteroatoms. The van der Waals surface area contributed by atoms with Gasteiger partial charge in [0.1, 0.15) is 6.04 Å². The topological polar surface area (TPSA) is 87.3 Å². The molecular formula is C6H11N3O3. The van der Waals surface area contributed by atoms with E-state index in [9.17, 15) is 14.4 Å². The number of carbonyl (C=O) groups excluding carboxylic acids is 3. The van der Waals surface area contributed by atoms with E-state index in [0.717, 1.165) is 0 Å². The van der Waals surface area contributed by atoms with E-state index in [1.54, 1.807) is 0 Å². The highest BCUT2D eigenvalue weighted by molar-refractivity contribution is 5.97. The van der Waals surface area contributed by atoms with E-state index in [1.807, 2.05) is 5.32 Å². The quantitative estimate of drug-likeness (QED) is 0.457. The Balaban J connectivity index is 3.86. The smallest absolute Gasteiger partial charge is 0.321 e. The van der Waals surface area contributed by atoms with Crippen LogP contribution in [0.15, 0.2) is 0 Å². The van der Waals surface area contributed by atoms with Gasteiger partial charge in [0.15, 0.2) is 0 Å². The molecular weight excluding hydrogens is 162 g/mol. The molecule has 0 rings (SSSR count). The highest BCUT2D eigenvalue weighted by atomic mass is 16.2. The second-order valence-electron chi connectivity index (χ2n) is 2.07. The Kier molecular flexibility index (Phi) is 4.43. The van der Waals surface area contributed by atoms with Crippen molar-refractivity contribution in [1.29, 1.82) is 0 Å². The number of urea groups is 1. The van der Waals surface area contributed by atoms with E-state index < -0.39 is 18.0 Å². The molecule has 0 spiro atoms. The van der Waals surface area contributed by atoms with Crippen molar-refractivity contribution >= 4 is 18.3 Å². The molecule has 0 aliphatic rings. The summed E-state index contributed by atoms with van der Waals surface area (Å²) in [5, 5.41) is 6.41. The van der Waals surface area contributed by atoms with E-state index in [2.05, 4.69) is 10.6 Å². The minimum atomic E-state index is -0.709. The van der Waals surface area contributed by atoms with E-state index >= 15 is 0 Å². The molecule has 1 atom stereocenters. The molecule has 0 saturated carbocycles. The molecule has 0 aliphatic carbocycles. The molecule has 0 aromatic rings. The summed E-state index contributed by atoms with van der Waals surface area (Å²) in [4.78, 5) is 31.4. The number of carbonyl (C=O) groups is 3. The first-order chi connectivity index (χ1) is 5.61. The van der Waals surface area contributed by atoms with Crippen LogP contribution in [-0.4, -0.2) is 31.4 Å². The third kappa shape index (κ3) is 3.55. The van der Waals surface area contributed by atoms with E-state index in [1.165, 1.54) is 14.0 Å². The van der Waals surface area contributed by atoms with Gasteiger partial charge in [-0.25, -0.2) is 4.79 Å². The monoisotopic (exact) mass is 173 g/mol. The second-order valence-corrected chi connectivity index (χ2v) is 2.07. The molecule has 6 nitrogen and oxygen atoms in total. The van der Waals surface area contributed by atoms with Gasteiger partial charge in [0, 0.05) is 7.05 Å². The van der Waals surface area contributed by atoms with Gasteiger partial charge in [0.25, 0.3) is 0 Å². The standard InChI is InChI=1S/C6H11N3O3/c1-4(8-3-10)5(11)9-6(12)7-2/h3-4H,1-2H3,(H,8,10)(H2,7,9,11,12)/t4-/m1/s1. The van der Waals surface area contributed by atoms with Gasteiger partial charge < -0.3 is 10.6 Å². The predicted molar refractivity (Wildman–Crippen MR) is 41.3 cm³/mol. The first-order valence-corrected chi connectivity index (χ1v) is 3.34. The summed E-state index contributed by atoms with van der Waals surface area (Å²) in [5.74, 6) is -0.554. The maximum atomic E-state index is 10.9. The summed E-state index contributed by atoms with van der Waals surface area (Å²) in [6.07, 6.45) is 0.397. The van der Waals surface area contributed by atoms with Crippen LogP contribution in [-0.2, 0) is 9.59 Å². The maximum Gasteiger partial charge on any atom is 0.321 e. The average Bonchev–Trinajstić information content (AvgIpc) is 2.04. The van der Waals surface area contributed by atoms with Gasteiger partial charge in [0.05, 0.1) is 0 Å². The number of nitrogens with one attached hydrogen (secondary N) is 3. The van der Waals surface area contributed by atoms with Crippen molar-refractivity contribution in [2.24, 2.45) is 0 Å². The van der Waals surface area contributed by atoms with Crippen molar-refractivity contribution in [2.75, 3.05) is 7.05 Å². The zero-order chi connectivity index (χ0) is 9.56. The second kappa shape index (κ2) is 5.11. The molecule has 0 aromatic heterocycles. The lowest BCUT2D eigenvalue weighted by Gasteiger charge is -2.08. The molecule has 0 saturated heterocycles. The summed E-state index contributed by atoms with van der Waals surface area (Å²) in [5.41, 5.74) is 0. The van der Waals surface area contributed by atoms with Crippen LogP contribution in [0, 0.1) is 0 Å². The number of imide groups is 1. The molecule has 0 unspecified atom stereocenters. The Morgan fingerprint density at radius 3 is 2.42 bits per heavy atom. The molecule has 0 bridgehead atoms. The minimum absolute atomic E-state index is 0.397. The lowest BCUT2D eigenvalue weighted by atomic mass is 10.3. The number of rotatable bonds is 3. The number of amides is 4. The summed E-state index contributed by atoms with van der Waals surface area (Å²) in [7, 11) is 1.39. The van der Waals surface area contributed by atoms with Crippen molar-refractivity contribution < 1.29 is 14.4 Å². The van der Waals surface area contributed by atoms with E-state index in [4.69, 9.17) is 0 Å². The normalized spacial score (nSPS) is 11.2. The van der Waals surface area contributed by atoms with Crippen LogP contribution in [0.25, 0.3) is 0 Å². The minimum Gasteiger partial charge on any atom is -0.347 e. The van der Waals surface area contributed by atoms with Crippen LogP contribution < -0.4 is 16.0 Å². The van der Waals surface area contributed by atoms with Crippen LogP contribution in [0.3, 0.4) is 0 Å². The summed E-state index contributed by atoms with van der Waals surface area (Å²) >= 11 is 0. The fourth-order valence-electron chi connectivity index (χ4n) is 0.460. The zero-order valence-electron chi connectivity index (χ0n) is 6.88. The lowest BCUT2D eigenvalue weighted by Crippen LogP contribution is -2.46. The van der Waals surface area contributed by atoms with E-state index in [-0.39, 0.29) is 0 Å². The third-order valence-electron chi connectivity index (χ3n) is 1.18. The first kappa shape index (κ1) is 10.4. The Bertz CT molecular complexity index is 192. The largest absolute Gasteiger partial charge is 0.347 e. The zero-order valence-corrected chi connectivity index (χ0v) is 6.88. The van der Waals surface area contributed by atoms with Crippen molar-refractivity contribution in [3.05, 3.63) is 0 Å². The number of hydrogen-bond acceptors (Lipinski definition) is 3. The number of hydrogen-bond donors (Lipinski definition) is 3. The van der Waals surface area contributed by atoms with E-state index in [0.29, 0.717) is 6.41 Å². The Morgan fingerprint density at radius 1 is 1.42 bits per heavy atom. The van der Waals surface area contributed by atoms with Gasteiger partial charge in [-0.1, -0.05) is 0 Å². The molecule has 0 radical (unpaired) electrons. The molecule has 3 N–H and O–H groups in total. The molecule has 0 fully saturated rings. The van der Waals surface area contributed by atoms with Crippen LogP contribution in [0.4, 0.5) is 4.79 Å². The van der Waals surface area contributed by atoms with Crippen molar-refractivity contribution in [2.45, 2.75) is 13.0 Å². The molecule has 0 aliphatic heterocycles. The average molecular weight is 173 g/mol. The molecule has 68 valence electrons. The van der Waals surface area contributed by atoms with Crippen molar-refractivity contribution in [3.63, 3.8) is 0 Å². The van der Waals surface area contributed by atoms with Gasteiger partial charge in [-0.05, 0) is 6.92 Å². The van der Waals surface area contributed by atoms with Crippen LogP contribution in [0.5, 0.6) is 0 Å². The van der Waals surface area contributed by atoms with Crippen molar-refractivity contribution in [3.8, 4) is 0 Å². The highest BCUT2D eigenvalue weighted by Crippen LogP contribution is 1.78. The van der Waals surface area contributed by atoms with Crippen LogP contribution in [0.1, 0.15) is 6.92 Å². The predicted octanol–water partition coefficient (Wildman–Crippen LogP) is -1.42. The lowest BCUT2D eigenvalue weighted by molar-refractivity contribution is -0.123. The Labute approximate surface area is 69.7 Å². The summed E-state index contributed by atoms with van der Waals surface area (Å²) in [6, 6.07) is -1.31. The summed E-state index contributed by atoms with van der Waals surface area (Å²) in [6.45, 7) is 1.46. The van der Waals surface area contributed by atoms with Gasteiger partial charge in [-0.2, -0.15) is 0 Å². The van der Waals surface area contributed by atoms with Gasteiger partial charge in [-0.15, -0.1) is 0 Å². The Hall–Kier alpha value is -1.59. The maximum absolute atomic E-state index is 10.9. The first-order valence-electron chi connectivity index (χ1n) is 3.34. The molecule has 0 heterocycles. The summed E-state index contributed by atoms with van der Waals surface area (Å²) < 4.78 is 0. The molecule has 0 aromatic carbocycles.